The van der Waals surface area contributed by atoms with Gasteiger partial charge in [-0.25, -0.2) is 0 Å². The average Bonchev–Trinajstić information content (AvgIpc) is 2.38. The molecule has 0 aromatic carbocycles. The largest absolute Gasteiger partial charge is 0.466 e. The van der Waals surface area contributed by atoms with Gasteiger partial charge in [-0.15, -0.1) is 0 Å². The van der Waals surface area contributed by atoms with Crippen molar-refractivity contribution >= 4 is 11.9 Å². The molecule has 4 nitrogen and oxygen atoms in total. The van der Waals surface area contributed by atoms with Gasteiger partial charge in [0.15, 0.2) is 0 Å². The fourth-order valence-corrected chi connectivity index (χ4v) is 3.37. The number of piperidine rings is 1. The van der Waals surface area contributed by atoms with Crippen LogP contribution >= 0.6 is 0 Å². The van der Waals surface area contributed by atoms with Gasteiger partial charge in [0.05, 0.1) is 6.61 Å². The number of carbonyl (C=O) groups is 2. The second-order valence-corrected chi connectivity index (χ2v) is 5.32. The first-order valence-corrected chi connectivity index (χ1v) is 7.17. The fourth-order valence-electron chi connectivity index (χ4n) is 3.37. The summed E-state index contributed by atoms with van der Waals surface area (Å²) < 4.78 is 4.85. The van der Waals surface area contributed by atoms with Crippen molar-refractivity contribution in [3.05, 3.63) is 0 Å². The Morgan fingerprint density at radius 2 is 1.89 bits per heavy atom. The Labute approximate surface area is 109 Å². The molecule has 0 bridgehead atoms. The third-order valence-corrected chi connectivity index (χ3v) is 4.16. The van der Waals surface area contributed by atoms with Gasteiger partial charge in [0.2, 0.25) is 5.91 Å². The molecule has 2 atom stereocenters. The van der Waals surface area contributed by atoms with Crippen LogP contribution in [0.1, 0.15) is 51.9 Å². The molecule has 1 amide bonds. The van der Waals surface area contributed by atoms with E-state index in [2.05, 4.69) is 0 Å². The minimum atomic E-state index is -0.388. The summed E-state index contributed by atoms with van der Waals surface area (Å²) in [7, 11) is 0. The van der Waals surface area contributed by atoms with Gasteiger partial charge in [-0.2, -0.15) is 0 Å². The van der Waals surface area contributed by atoms with Crippen molar-refractivity contribution in [2.45, 2.75) is 57.9 Å². The van der Waals surface area contributed by atoms with Gasteiger partial charge in [0.25, 0.3) is 0 Å². The first-order chi connectivity index (χ1) is 8.72. The van der Waals surface area contributed by atoms with E-state index in [1.807, 2.05) is 4.90 Å². The zero-order valence-corrected chi connectivity index (χ0v) is 11.2. The molecule has 0 radical (unpaired) electrons. The normalized spacial score (nSPS) is 27.5. The Kier molecular flexibility index (Phi) is 4.61. The molecular formula is C14H23NO3. The summed E-state index contributed by atoms with van der Waals surface area (Å²) in [6.07, 6.45) is 7.10. The van der Waals surface area contributed by atoms with Crippen LogP contribution in [-0.4, -0.2) is 36.0 Å². The second-order valence-electron chi connectivity index (χ2n) is 5.32. The minimum absolute atomic E-state index is 0.0370. The molecule has 4 heteroatoms. The van der Waals surface area contributed by atoms with Crippen molar-refractivity contribution in [3.63, 3.8) is 0 Å². The van der Waals surface area contributed by atoms with E-state index in [1.54, 1.807) is 6.92 Å². The van der Waals surface area contributed by atoms with Crippen LogP contribution < -0.4 is 0 Å². The van der Waals surface area contributed by atoms with Crippen molar-refractivity contribution in [1.29, 1.82) is 0 Å². The predicted molar refractivity (Wildman–Crippen MR) is 67.9 cm³/mol. The molecule has 0 N–H and O–H groups in total. The fraction of sp³-hybridized carbons (Fsp3) is 0.857. The summed E-state index contributed by atoms with van der Waals surface area (Å²) >= 11 is 0. The van der Waals surface area contributed by atoms with Crippen LogP contribution in [0.4, 0.5) is 0 Å². The van der Waals surface area contributed by atoms with E-state index < -0.39 is 0 Å². The summed E-state index contributed by atoms with van der Waals surface area (Å²) in [5, 5.41) is 0. The Hall–Kier alpha value is -1.06. The maximum Gasteiger partial charge on any atom is 0.315 e. The quantitative estimate of drug-likeness (QED) is 0.571. The number of likely N-dealkylation sites (tertiary alicyclic amines) is 1. The predicted octanol–water partition coefficient (Wildman–Crippen LogP) is 2.12. The molecule has 0 aromatic rings. The van der Waals surface area contributed by atoms with Crippen LogP contribution in [0.5, 0.6) is 0 Å². The first kappa shape index (κ1) is 13.4. The Balaban J connectivity index is 1.93. The lowest BCUT2D eigenvalue weighted by Gasteiger charge is -2.44. The van der Waals surface area contributed by atoms with E-state index in [1.165, 1.54) is 25.7 Å². The van der Waals surface area contributed by atoms with Gasteiger partial charge < -0.3 is 9.64 Å². The molecule has 102 valence electrons. The number of hydrogen-bond donors (Lipinski definition) is 0. The zero-order chi connectivity index (χ0) is 13.0. The molecule has 2 fully saturated rings. The molecule has 1 heterocycles. The minimum Gasteiger partial charge on any atom is -0.466 e. The van der Waals surface area contributed by atoms with Gasteiger partial charge in [-0.05, 0) is 38.5 Å². The number of amides is 1. The highest BCUT2D eigenvalue weighted by Gasteiger charge is 2.36. The van der Waals surface area contributed by atoms with Gasteiger partial charge in [-0.1, -0.05) is 12.8 Å². The number of carbonyl (C=O) groups excluding carboxylic acids is 2. The van der Waals surface area contributed by atoms with E-state index in [-0.39, 0.29) is 18.3 Å². The number of esters is 1. The Morgan fingerprint density at radius 1 is 1.17 bits per heavy atom. The molecule has 2 rings (SSSR count). The molecule has 2 aliphatic rings. The molecule has 1 saturated heterocycles. The molecule has 0 spiro atoms. The van der Waals surface area contributed by atoms with E-state index in [0.29, 0.717) is 18.6 Å². The van der Waals surface area contributed by atoms with Gasteiger partial charge in [0, 0.05) is 12.6 Å². The highest BCUT2D eigenvalue weighted by atomic mass is 16.5. The topological polar surface area (TPSA) is 46.6 Å². The van der Waals surface area contributed by atoms with Crippen LogP contribution in [0.3, 0.4) is 0 Å². The summed E-state index contributed by atoms with van der Waals surface area (Å²) in [6, 6.07) is 0.384. The van der Waals surface area contributed by atoms with Gasteiger partial charge in [-0.3, -0.25) is 9.59 Å². The summed E-state index contributed by atoms with van der Waals surface area (Å²) in [6.45, 7) is 2.93. The molecule has 0 aromatic heterocycles. The number of nitrogens with zero attached hydrogens (tertiary/aromatic N) is 1. The number of fused-ring (bicyclic) bond motifs is 1. The average molecular weight is 253 g/mol. The molecular weight excluding hydrogens is 230 g/mol. The van der Waals surface area contributed by atoms with E-state index in [9.17, 15) is 9.59 Å². The van der Waals surface area contributed by atoms with Gasteiger partial charge in [0.1, 0.15) is 6.42 Å². The maximum absolute atomic E-state index is 12.2. The number of ether oxygens (including phenoxy) is 1. The summed E-state index contributed by atoms with van der Waals surface area (Å²) in [4.78, 5) is 25.5. The van der Waals surface area contributed by atoms with Crippen molar-refractivity contribution in [1.82, 2.24) is 4.90 Å². The highest BCUT2D eigenvalue weighted by molar-refractivity contribution is 5.94. The van der Waals surface area contributed by atoms with E-state index >= 15 is 0 Å². The standard InChI is InChI=1S/C14H23NO3/c1-2-18-14(17)10-13(16)15-9-5-7-11-6-3-4-8-12(11)15/h11-12H,2-10H2,1H3. The summed E-state index contributed by atoms with van der Waals surface area (Å²) in [5.74, 6) is 0.240. The number of hydrogen-bond acceptors (Lipinski definition) is 3. The molecule has 18 heavy (non-hydrogen) atoms. The van der Waals surface area contributed by atoms with Crippen LogP contribution in [0.25, 0.3) is 0 Å². The van der Waals surface area contributed by atoms with Crippen LogP contribution in [0.2, 0.25) is 0 Å². The van der Waals surface area contributed by atoms with Crippen LogP contribution in [0.15, 0.2) is 0 Å². The monoisotopic (exact) mass is 253 g/mol. The van der Waals surface area contributed by atoms with Gasteiger partial charge >= 0.3 is 5.97 Å². The first-order valence-electron chi connectivity index (χ1n) is 7.17. The van der Waals surface area contributed by atoms with E-state index in [4.69, 9.17) is 4.74 Å². The van der Waals surface area contributed by atoms with Crippen molar-refractivity contribution in [2.75, 3.05) is 13.2 Å². The highest BCUT2D eigenvalue weighted by Crippen LogP contribution is 2.35. The number of rotatable bonds is 3. The van der Waals surface area contributed by atoms with Crippen LogP contribution in [0, 0.1) is 5.92 Å². The lowest BCUT2D eigenvalue weighted by Crippen LogP contribution is -2.50. The molecule has 2 unspecified atom stereocenters. The third-order valence-electron chi connectivity index (χ3n) is 4.16. The van der Waals surface area contributed by atoms with E-state index in [0.717, 1.165) is 19.4 Å². The molecule has 1 saturated carbocycles. The lowest BCUT2D eigenvalue weighted by molar-refractivity contribution is -0.151. The Morgan fingerprint density at radius 3 is 2.67 bits per heavy atom. The van der Waals surface area contributed by atoms with Crippen molar-refractivity contribution in [3.8, 4) is 0 Å². The van der Waals surface area contributed by atoms with Crippen molar-refractivity contribution in [2.24, 2.45) is 5.92 Å². The smallest absolute Gasteiger partial charge is 0.315 e. The maximum atomic E-state index is 12.2. The van der Waals surface area contributed by atoms with Crippen LogP contribution in [-0.2, 0) is 14.3 Å². The summed E-state index contributed by atoms with van der Waals surface area (Å²) in [5.41, 5.74) is 0. The van der Waals surface area contributed by atoms with Crippen molar-refractivity contribution < 1.29 is 14.3 Å². The molecule has 1 aliphatic carbocycles. The second kappa shape index (κ2) is 6.21. The Bertz CT molecular complexity index is 314. The molecule has 1 aliphatic heterocycles. The lowest BCUT2D eigenvalue weighted by atomic mass is 9.78. The SMILES string of the molecule is CCOC(=O)CC(=O)N1CCCC2CCCCC21. The zero-order valence-electron chi connectivity index (χ0n) is 11.2. The third kappa shape index (κ3) is 3.03.